The molecule has 0 rings (SSSR count). The standard InChI is InChI=1S/C74H134O6/c1-4-7-10-13-16-19-22-25-27-29-31-33-35-36-37-38-40-41-43-45-47-49-52-55-58-61-64-67-73(76)79-70-71(69-78-72(75)66-63-60-57-54-51-24-21-18-15-12-9-6-3)80-74(77)68-65-62-59-56-53-50-48-46-44-42-39-34-32-30-28-26-23-20-17-14-11-8-5-2/h18,21,23,26,29-32,39,42,71H,4-17,19-20,22,24-25,27-28,33-38,40-41,43-70H2,1-3H3/b21-18-,26-23-,31-29-,32-30-,42-39-. The third kappa shape index (κ3) is 65.9. The van der Waals surface area contributed by atoms with Crippen LogP contribution in [0.15, 0.2) is 60.8 Å². The molecule has 0 radical (unpaired) electrons. The Morgan fingerprint density at radius 1 is 0.250 bits per heavy atom. The monoisotopic (exact) mass is 1120 g/mol. The molecule has 1 atom stereocenters. The number of ether oxygens (including phenoxy) is 3. The van der Waals surface area contributed by atoms with Gasteiger partial charge in [-0.25, -0.2) is 0 Å². The SMILES string of the molecule is CCCCC/C=C\CCCCCCCC(=O)OCC(COC(=O)CCCCCCCCCCCCCCCCC/C=C\CCCCCCCCCC)OC(=O)CCCCCCCCCC/C=C\C/C=C\C/C=C\CCCCCCC. The topological polar surface area (TPSA) is 78.9 Å². The minimum Gasteiger partial charge on any atom is -0.462 e. The number of unbranched alkanes of at least 4 members (excludes halogenated alkanes) is 44. The molecule has 466 valence electrons. The van der Waals surface area contributed by atoms with Gasteiger partial charge in [-0.15, -0.1) is 0 Å². The maximum absolute atomic E-state index is 12.9. The summed E-state index contributed by atoms with van der Waals surface area (Å²) in [7, 11) is 0. The van der Waals surface area contributed by atoms with Gasteiger partial charge in [0, 0.05) is 19.3 Å². The van der Waals surface area contributed by atoms with Gasteiger partial charge in [-0.3, -0.25) is 14.4 Å². The molecule has 0 aromatic rings. The number of carbonyl (C=O) groups is 3. The molecule has 0 N–H and O–H groups in total. The first-order valence-electron chi connectivity index (χ1n) is 35.3. The van der Waals surface area contributed by atoms with Gasteiger partial charge in [-0.1, -0.05) is 306 Å². The molecule has 0 aliphatic carbocycles. The summed E-state index contributed by atoms with van der Waals surface area (Å²) < 4.78 is 17.0. The van der Waals surface area contributed by atoms with Crippen molar-refractivity contribution < 1.29 is 28.6 Å². The zero-order valence-electron chi connectivity index (χ0n) is 53.6. The molecular weight excluding hydrogens is 985 g/mol. The molecule has 0 aliphatic rings. The molecular formula is C74H134O6. The predicted molar refractivity (Wildman–Crippen MR) is 348 cm³/mol. The Hall–Kier alpha value is -2.89. The third-order valence-electron chi connectivity index (χ3n) is 15.7. The first-order chi connectivity index (χ1) is 39.5. The Kier molecular flexibility index (Phi) is 66.1. The van der Waals surface area contributed by atoms with Crippen LogP contribution in [0.25, 0.3) is 0 Å². The summed E-state index contributed by atoms with van der Waals surface area (Å²) in [5.74, 6) is -0.874. The molecule has 0 heterocycles. The zero-order chi connectivity index (χ0) is 57.8. The minimum absolute atomic E-state index is 0.0771. The lowest BCUT2D eigenvalue weighted by atomic mass is 10.0. The van der Waals surface area contributed by atoms with Crippen LogP contribution in [-0.2, 0) is 28.6 Å². The number of rotatable bonds is 65. The van der Waals surface area contributed by atoms with Crippen molar-refractivity contribution in [2.75, 3.05) is 13.2 Å². The summed E-state index contributed by atoms with van der Waals surface area (Å²) in [6, 6.07) is 0. The Balaban J connectivity index is 4.24. The van der Waals surface area contributed by atoms with E-state index < -0.39 is 6.10 Å². The highest BCUT2D eigenvalue weighted by Gasteiger charge is 2.19. The van der Waals surface area contributed by atoms with Crippen LogP contribution in [0.1, 0.15) is 374 Å². The lowest BCUT2D eigenvalue weighted by Gasteiger charge is -2.18. The smallest absolute Gasteiger partial charge is 0.306 e. The highest BCUT2D eigenvalue weighted by molar-refractivity contribution is 5.71. The second-order valence-corrected chi connectivity index (χ2v) is 23.8. The van der Waals surface area contributed by atoms with Crippen molar-refractivity contribution in [3.63, 3.8) is 0 Å². The van der Waals surface area contributed by atoms with Crippen LogP contribution in [-0.4, -0.2) is 37.2 Å². The van der Waals surface area contributed by atoms with Gasteiger partial charge in [0.15, 0.2) is 6.10 Å². The van der Waals surface area contributed by atoms with Crippen molar-refractivity contribution in [2.45, 2.75) is 380 Å². The molecule has 0 amide bonds. The summed E-state index contributed by atoms with van der Waals surface area (Å²) in [6.07, 6.45) is 88.2. The molecule has 0 aromatic heterocycles. The highest BCUT2D eigenvalue weighted by Crippen LogP contribution is 2.17. The first-order valence-corrected chi connectivity index (χ1v) is 35.3. The second kappa shape index (κ2) is 68.6. The van der Waals surface area contributed by atoms with Crippen LogP contribution in [0.2, 0.25) is 0 Å². The average molecular weight is 1120 g/mol. The van der Waals surface area contributed by atoms with Crippen molar-refractivity contribution in [2.24, 2.45) is 0 Å². The van der Waals surface area contributed by atoms with Gasteiger partial charge in [-0.2, -0.15) is 0 Å². The number of hydrogen-bond donors (Lipinski definition) is 0. The molecule has 0 bridgehead atoms. The number of carbonyl (C=O) groups excluding carboxylic acids is 3. The predicted octanol–water partition coefficient (Wildman–Crippen LogP) is 24.3. The fraction of sp³-hybridized carbons (Fsp3) is 0.824. The maximum Gasteiger partial charge on any atom is 0.306 e. The molecule has 6 heteroatoms. The lowest BCUT2D eigenvalue weighted by Crippen LogP contribution is -2.30. The fourth-order valence-corrected chi connectivity index (χ4v) is 10.4. The maximum atomic E-state index is 12.9. The third-order valence-corrected chi connectivity index (χ3v) is 15.7. The number of esters is 3. The Bertz CT molecular complexity index is 1430. The summed E-state index contributed by atoms with van der Waals surface area (Å²) in [5.41, 5.74) is 0. The van der Waals surface area contributed by atoms with E-state index in [-0.39, 0.29) is 31.1 Å². The van der Waals surface area contributed by atoms with E-state index >= 15 is 0 Å². The quantitative estimate of drug-likeness (QED) is 0.0261. The van der Waals surface area contributed by atoms with Crippen LogP contribution in [0.5, 0.6) is 0 Å². The van der Waals surface area contributed by atoms with E-state index in [1.807, 2.05) is 0 Å². The minimum atomic E-state index is -0.782. The molecule has 80 heavy (non-hydrogen) atoms. The van der Waals surface area contributed by atoms with Gasteiger partial charge in [0.2, 0.25) is 0 Å². The van der Waals surface area contributed by atoms with E-state index in [0.29, 0.717) is 19.3 Å². The molecule has 0 spiro atoms. The van der Waals surface area contributed by atoms with Gasteiger partial charge < -0.3 is 14.2 Å². The molecule has 0 saturated heterocycles. The van der Waals surface area contributed by atoms with E-state index in [9.17, 15) is 14.4 Å². The van der Waals surface area contributed by atoms with Gasteiger partial charge in [0.25, 0.3) is 0 Å². The van der Waals surface area contributed by atoms with Crippen LogP contribution in [0.4, 0.5) is 0 Å². The van der Waals surface area contributed by atoms with E-state index in [1.165, 1.54) is 250 Å². The second-order valence-electron chi connectivity index (χ2n) is 23.8. The normalized spacial score (nSPS) is 12.4. The van der Waals surface area contributed by atoms with E-state index in [0.717, 1.165) is 83.5 Å². The Morgan fingerprint density at radius 3 is 0.738 bits per heavy atom. The van der Waals surface area contributed by atoms with Crippen molar-refractivity contribution in [3.8, 4) is 0 Å². The number of allylic oxidation sites excluding steroid dienone is 10. The largest absolute Gasteiger partial charge is 0.462 e. The first kappa shape index (κ1) is 77.1. The van der Waals surface area contributed by atoms with E-state index in [2.05, 4.69) is 81.5 Å². The Morgan fingerprint density at radius 2 is 0.450 bits per heavy atom. The molecule has 0 aromatic carbocycles. The van der Waals surface area contributed by atoms with Crippen molar-refractivity contribution in [1.82, 2.24) is 0 Å². The molecule has 1 unspecified atom stereocenters. The summed E-state index contributed by atoms with van der Waals surface area (Å²) >= 11 is 0. The Labute approximate surface area is 498 Å². The van der Waals surface area contributed by atoms with Gasteiger partial charge >= 0.3 is 17.9 Å². The van der Waals surface area contributed by atoms with Crippen LogP contribution in [0.3, 0.4) is 0 Å². The van der Waals surface area contributed by atoms with Gasteiger partial charge in [-0.05, 0) is 109 Å². The van der Waals surface area contributed by atoms with Gasteiger partial charge in [0.05, 0.1) is 0 Å². The van der Waals surface area contributed by atoms with Crippen LogP contribution >= 0.6 is 0 Å². The highest BCUT2D eigenvalue weighted by atomic mass is 16.6. The van der Waals surface area contributed by atoms with Crippen LogP contribution in [0, 0.1) is 0 Å². The zero-order valence-corrected chi connectivity index (χ0v) is 53.6. The summed E-state index contributed by atoms with van der Waals surface area (Å²) in [6.45, 7) is 6.64. The summed E-state index contributed by atoms with van der Waals surface area (Å²) in [5, 5.41) is 0. The number of hydrogen-bond acceptors (Lipinski definition) is 6. The van der Waals surface area contributed by atoms with E-state index in [4.69, 9.17) is 14.2 Å². The molecule has 0 fully saturated rings. The average Bonchev–Trinajstić information content (AvgIpc) is 3.46. The molecule has 0 aliphatic heterocycles. The van der Waals surface area contributed by atoms with Gasteiger partial charge in [0.1, 0.15) is 13.2 Å². The molecule has 6 nitrogen and oxygen atoms in total. The lowest BCUT2D eigenvalue weighted by molar-refractivity contribution is -0.167. The van der Waals surface area contributed by atoms with Crippen LogP contribution < -0.4 is 0 Å². The molecule has 0 saturated carbocycles. The van der Waals surface area contributed by atoms with E-state index in [1.54, 1.807) is 0 Å². The summed E-state index contributed by atoms with van der Waals surface area (Å²) in [4.78, 5) is 38.4. The van der Waals surface area contributed by atoms with Crippen molar-refractivity contribution in [1.29, 1.82) is 0 Å². The fourth-order valence-electron chi connectivity index (χ4n) is 10.4. The van der Waals surface area contributed by atoms with Crippen molar-refractivity contribution in [3.05, 3.63) is 60.8 Å². The van der Waals surface area contributed by atoms with Crippen molar-refractivity contribution >= 4 is 17.9 Å².